The van der Waals surface area contributed by atoms with Gasteiger partial charge in [-0.2, -0.15) is 10.4 Å². The summed E-state index contributed by atoms with van der Waals surface area (Å²) in [7, 11) is 1.59. The molecule has 0 aliphatic rings. The molecule has 0 spiro atoms. The van der Waals surface area contributed by atoms with E-state index < -0.39 is 15.1 Å². The number of rotatable bonds is 4. The van der Waals surface area contributed by atoms with Crippen LogP contribution in [0, 0.1) is 11.3 Å². The Kier molecular flexibility index (Phi) is 4.17. The van der Waals surface area contributed by atoms with Gasteiger partial charge in [-0.15, -0.1) is 0 Å². The van der Waals surface area contributed by atoms with Crippen molar-refractivity contribution in [2.24, 2.45) is 0 Å². The number of nitriles is 1. The Labute approximate surface area is 105 Å². The first-order valence-corrected chi connectivity index (χ1v) is 7.62. The highest BCUT2D eigenvalue weighted by atomic mass is 35.7. The minimum Gasteiger partial charge on any atom is -0.251 e. The first-order chi connectivity index (χ1) is 7.86. The lowest BCUT2D eigenvalue weighted by Gasteiger charge is -2.07. The van der Waals surface area contributed by atoms with Gasteiger partial charge in [0.1, 0.15) is 10.9 Å². The summed E-state index contributed by atoms with van der Waals surface area (Å²) in [5.74, 6) is 0. The third-order valence-corrected chi connectivity index (χ3v) is 3.92. The van der Waals surface area contributed by atoms with Crippen LogP contribution in [0.25, 0.3) is 0 Å². The Balaban J connectivity index is 3.60. The van der Waals surface area contributed by atoms with Gasteiger partial charge in [-0.25, -0.2) is 8.42 Å². The van der Waals surface area contributed by atoms with E-state index in [9.17, 15) is 8.42 Å². The van der Waals surface area contributed by atoms with Gasteiger partial charge in [0, 0.05) is 10.7 Å². The van der Waals surface area contributed by atoms with Crippen molar-refractivity contribution in [2.45, 2.75) is 44.6 Å². The van der Waals surface area contributed by atoms with Crippen LogP contribution in [-0.4, -0.2) is 18.2 Å². The molecule has 17 heavy (non-hydrogen) atoms. The van der Waals surface area contributed by atoms with E-state index in [1.807, 2.05) is 13.0 Å². The van der Waals surface area contributed by atoms with Gasteiger partial charge in [0.2, 0.25) is 0 Å². The molecule has 1 atom stereocenters. The lowest BCUT2D eigenvalue weighted by atomic mass is 10.2. The summed E-state index contributed by atoms with van der Waals surface area (Å²) in [6, 6.07) is 1.52. The molecule has 0 aliphatic heterocycles. The van der Waals surface area contributed by atoms with Gasteiger partial charge in [-0.3, -0.25) is 4.68 Å². The summed E-state index contributed by atoms with van der Waals surface area (Å²) >= 11 is 0. The third-order valence-electron chi connectivity index (χ3n) is 2.50. The van der Waals surface area contributed by atoms with Crippen molar-refractivity contribution in [2.75, 3.05) is 0 Å². The first-order valence-electron chi connectivity index (χ1n) is 5.31. The monoisotopic (exact) mass is 275 g/mol. The van der Waals surface area contributed by atoms with Gasteiger partial charge >= 0.3 is 0 Å². The van der Waals surface area contributed by atoms with Gasteiger partial charge in [0.15, 0.2) is 0 Å². The lowest BCUT2D eigenvalue weighted by molar-refractivity contribution is 0.556. The molecule has 5 nitrogen and oxygen atoms in total. The summed E-state index contributed by atoms with van der Waals surface area (Å²) in [6.45, 7) is 5.27. The number of hydrogen-bond donors (Lipinski definition) is 0. The predicted molar refractivity (Wildman–Crippen MR) is 64.3 cm³/mol. The number of aryl methyl sites for hydroxylation is 1. The second-order valence-electron chi connectivity index (χ2n) is 3.62. The maximum absolute atomic E-state index is 11.5. The zero-order valence-electron chi connectivity index (χ0n) is 9.94. The zero-order valence-corrected chi connectivity index (χ0v) is 11.5. The standard InChI is InChI=1S/C10H14ClN3O2S/c1-4-8-10(17(11,15)16)9(5-2)14(13-8)7(3)6-12/h7H,4-5H2,1-3H3. The summed E-state index contributed by atoms with van der Waals surface area (Å²) in [5.41, 5.74) is 0.907. The average Bonchev–Trinajstić information content (AvgIpc) is 2.65. The Morgan fingerprint density at radius 1 is 1.47 bits per heavy atom. The van der Waals surface area contributed by atoms with Crippen LogP contribution in [0.5, 0.6) is 0 Å². The molecule has 0 bridgehead atoms. The van der Waals surface area contributed by atoms with E-state index in [0.29, 0.717) is 24.2 Å². The molecular formula is C10H14ClN3O2S. The van der Waals surface area contributed by atoms with Crippen molar-refractivity contribution in [3.05, 3.63) is 11.4 Å². The Hall–Kier alpha value is -1.06. The Morgan fingerprint density at radius 3 is 2.41 bits per heavy atom. The van der Waals surface area contributed by atoms with E-state index >= 15 is 0 Å². The van der Waals surface area contributed by atoms with Crippen LogP contribution in [0.2, 0.25) is 0 Å². The van der Waals surface area contributed by atoms with Crippen LogP contribution in [0.15, 0.2) is 4.90 Å². The van der Waals surface area contributed by atoms with Crippen LogP contribution in [0.1, 0.15) is 38.2 Å². The fourth-order valence-electron chi connectivity index (χ4n) is 1.72. The molecule has 0 fully saturated rings. The minimum absolute atomic E-state index is 0.0614. The molecular weight excluding hydrogens is 262 g/mol. The quantitative estimate of drug-likeness (QED) is 0.788. The molecule has 0 saturated heterocycles. The van der Waals surface area contributed by atoms with Gasteiger partial charge < -0.3 is 0 Å². The van der Waals surface area contributed by atoms with Crippen LogP contribution in [-0.2, 0) is 21.9 Å². The van der Waals surface area contributed by atoms with Crippen molar-refractivity contribution in [3.8, 4) is 6.07 Å². The van der Waals surface area contributed by atoms with Crippen molar-refractivity contribution >= 4 is 19.7 Å². The number of aromatic nitrogens is 2. The van der Waals surface area contributed by atoms with Crippen molar-refractivity contribution in [3.63, 3.8) is 0 Å². The third kappa shape index (κ3) is 2.61. The topological polar surface area (TPSA) is 75.8 Å². The second-order valence-corrected chi connectivity index (χ2v) is 6.12. The molecule has 1 aromatic rings. The zero-order chi connectivity index (χ0) is 13.2. The van der Waals surface area contributed by atoms with Gasteiger partial charge in [-0.1, -0.05) is 13.8 Å². The molecule has 0 aliphatic carbocycles. The molecule has 1 rings (SSSR count). The van der Waals surface area contributed by atoms with Crippen LogP contribution >= 0.6 is 10.7 Å². The molecule has 0 saturated carbocycles. The normalized spacial score (nSPS) is 13.4. The Bertz CT molecular complexity index is 557. The fraction of sp³-hybridized carbons (Fsp3) is 0.600. The highest BCUT2D eigenvalue weighted by Crippen LogP contribution is 2.27. The van der Waals surface area contributed by atoms with Crippen molar-refractivity contribution < 1.29 is 8.42 Å². The first kappa shape index (κ1) is 14.0. The predicted octanol–water partition coefficient (Wildman–Crippen LogP) is 2.02. The molecule has 1 aromatic heterocycles. The van der Waals surface area contributed by atoms with Crippen LogP contribution < -0.4 is 0 Å². The highest BCUT2D eigenvalue weighted by molar-refractivity contribution is 8.13. The molecule has 0 aromatic carbocycles. The maximum Gasteiger partial charge on any atom is 0.264 e. The molecule has 0 N–H and O–H groups in total. The second kappa shape index (κ2) is 5.07. The molecule has 1 heterocycles. The number of nitrogens with zero attached hydrogens (tertiary/aromatic N) is 3. The summed E-state index contributed by atoms with van der Waals surface area (Å²) in [5, 5.41) is 13.1. The van der Waals surface area contributed by atoms with Crippen LogP contribution in [0.3, 0.4) is 0 Å². The van der Waals surface area contributed by atoms with E-state index in [0.717, 1.165) is 0 Å². The number of hydrogen-bond acceptors (Lipinski definition) is 4. The lowest BCUT2D eigenvalue weighted by Crippen LogP contribution is -2.09. The molecule has 7 heteroatoms. The minimum atomic E-state index is -3.83. The van der Waals surface area contributed by atoms with Gasteiger partial charge in [0.25, 0.3) is 9.05 Å². The Morgan fingerprint density at radius 2 is 2.06 bits per heavy atom. The van der Waals surface area contributed by atoms with E-state index in [2.05, 4.69) is 5.10 Å². The summed E-state index contributed by atoms with van der Waals surface area (Å²) in [4.78, 5) is 0.0614. The van der Waals surface area contributed by atoms with Crippen molar-refractivity contribution in [1.82, 2.24) is 9.78 Å². The van der Waals surface area contributed by atoms with E-state index in [4.69, 9.17) is 15.9 Å². The largest absolute Gasteiger partial charge is 0.264 e. The highest BCUT2D eigenvalue weighted by Gasteiger charge is 2.26. The number of halogens is 1. The molecule has 0 radical (unpaired) electrons. The van der Waals surface area contributed by atoms with E-state index in [1.54, 1.807) is 13.8 Å². The molecule has 94 valence electrons. The molecule has 0 amide bonds. The van der Waals surface area contributed by atoms with Crippen molar-refractivity contribution in [1.29, 1.82) is 5.26 Å². The van der Waals surface area contributed by atoms with Gasteiger partial charge in [-0.05, 0) is 19.8 Å². The van der Waals surface area contributed by atoms with E-state index in [-0.39, 0.29) is 4.90 Å². The smallest absolute Gasteiger partial charge is 0.251 e. The molecule has 1 unspecified atom stereocenters. The van der Waals surface area contributed by atoms with Gasteiger partial charge in [0.05, 0.1) is 17.5 Å². The summed E-state index contributed by atoms with van der Waals surface area (Å²) < 4.78 is 24.5. The average molecular weight is 276 g/mol. The fourth-order valence-corrected chi connectivity index (χ4v) is 3.24. The van der Waals surface area contributed by atoms with Crippen LogP contribution in [0.4, 0.5) is 0 Å². The van der Waals surface area contributed by atoms with E-state index in [1.165, 1.54) is 4.68 Å². The summed E-state index contributed by atoms with van der Waals surface area (Å²) in [6.07, 6.45) is 0.916. The SMILES string of the molecule is CCc1nn(C(C)C#N)c(CC)c1S(=O)(=O)Cl. The maximum atomic E-state index is 11.5.